The molecule has 0 fully saturated rings. The standard InChI is InChI=1S/C16H22F3NO4/c1-8(2)7-10-11(14(21)23-5)9(3)20(4)13(16(17,18)19)12(10)15(22)24-6/h8,10H,7H2,1-6H3. The van der Waals surface area contributed by atoms with Crippen LogP contribution in [0.15, 0.2) is 22.5 Å². The van der Waals surface area contributed by atoms with Gasteiger partial charge in [0, 0.05) is 18.7 Å². The molecule has 0 aromatic carbocycles. The monoisotopic (exact) mass is 349 g/mol. The number of hydrogen-bond donors (Lipinski definition) is 0. The van der Waals surface area contributed by atoms with E-state index >= 15 is 0 Å². The SMILES string of the molecule is COC(=O)C1=C(C)N(C)C(C(F)(F)F)=C(C(=O)OC)C1CC(C)C. The summed E-state index contributed by atoms with van der Waals surface area (Å²) < 4.78 is 50.1. The van der Waals surface area contributed by atoms with E-state index in [1.807, 2.05) is 0 Å². The smallest absolute Gasteiger partial charge is 0.431 e. The van der Waals surface area contributed by atoms with Crippen molar-refractivity contribution in [2.45, 2.75) is 33.4 Å². The molecule has 1 aliphatic heterocycles. The third-order valence-corrected chi connectivity index (χ3v) is 3.97. The van der Waals surface area contributed by atoms with Gasteiger partial charge in [0.15, 0.2) is 0 Å². The van der Waals surface area contributed by atoms with Crippen LogP contribution in [-0.2, 0) is 19.1 Å². The molecule has 0 N–H and O–H groups in total. The number of esters is 2. The van der Waals surface area contributed by atoms with Crippen molar-refractivity contribution in [2.24, 2.45) is 11.8 Å². The molecule has 5 nitrogen and oxygen atoms in total. The lowest BCUT2D eigenvalue weighted by atomic mass is 9.79. The van der Waals surface area contributed by atoms with Gasteiger partial charge in [0.2, 0.25) is 0 Å². The molecular formula is C16H22F3NO4. The number of allylic oxidation sites excluding steroid dienone is 2. The van der Waals surface area contributed by atoms with Gasteiger partial charge in [-0.15, -0.1) is 0 Å². The lowest BCUT2D eigenvalue weighted by molar-refractivity contribution is -0.141. The maximum Gasteiger partial charge on any atom is 0.431 e. The number of alkyl halides is 3. The number of halogens is 3. The van der Waals surface area contributed by atoms with E-state index in [1.165, 1.54) is 6.92 Å². The first kappa shape index (κ1) is 20.1. The molecule has 1 unspecified atom stereocenters. The Morgan fingerprint density at radius 3 is 1.96 bits per heavy atom. The second-order valence-electron chi connectivity index (χ2n) is 5.98. The van der Waals surface area contributed by atoms with E-state index in [2.05, 4.69) is 4.74 Å². The second kappa shape index (κ2) is 7.27. The van der Waals surface area contributed by atoms with Crippen molar-refractivity contribution in [1.82, 2.24) is 4.90 Å². The molecule has 0 bridgehead atoms. The molecule has 0 radical (unpaired) electrons. The lowest BCUT2D eigenvalue weighted by Crippen LogP contribution is -2.40. The fourth-order valence-electron chi connectivity index (χ4n) is 2.89. The number of nitrogens with zero attached hydrogens (tertiary/aromatic N) is 1. The number of hydrogen-bond acceptors (Lipinski definition) is 5. The van der Waals surface area contributed by atoms with Crippen molar-refractivity contribution in [1.29, 1.82) is 0 Å². The van der Waals surface area contributed by atoms with E-state index in [1.54, 1.807) is 13.8 Å². The summed E-state index contributed by atoms with van der Waals surface area (Å²) in [6.07, 6.45) is -4.59. The fraction of sp³-hybridized carbons (Fsp3) is 0.625. The summed E-state index contributed by atoms with van der Waals surface area (Å²) in [6.45, 7) is 4.99. The molecule has 136 valence electrons. The van der Waals surface area contributed by atoms with Crippen LogP contribution in [0.4, 0.5) is 13.2 Å². The Hall–Kier alpha value is -1.99. The average Bonchev–Trinajstić information content (AvgIpc) is 2.47. The van der Waals surface area contributed by atoms with Crippen LogP contribution in [0.3, 0.4) is 0 Å². The van der Waals surface area contributed by atoms with Gasteiger partial charge < -0.3 is 14.4 Å². The molecule has 1 aliphatic rings. The van der Waals surface area contributed by atoms with Gasteiger partial charge in [-0.3, -0.25) is 0 Å². The summed E-state index contributed by atoms with van der Waals surface area (Å²) in [4.78, 5) is 25.1. The highest BCUT2D eigenvalue weighted by Crippen LogP contribution is 2.44. The Balaban J connectivity index is 3.74. The highest BCUT2D eigenvalue weighted by molar-refractivity contribution is 5.97. The first-order chi connectivity index (χ1) is 11.0. The molecule has 24 heavy (non-hydrogen) atoms. The predicted octanol–water partition coefficient (Wildman–Crippen LogP) is 3.03. The van der Waals surface area contributed by atoms with Gasteiger partial charge in [-0.1, -0.05) is 13.8 Å². The number of carbonyl (C=O) groups excluding carboxylic acids is 2. The largest absolute Gasteiger partial charge is 0.466 e. The third kappa shape index (κ3) is 3.73. The maximum absolute atomic E-state index is 13.6. The number of carbonyl (C=O) groups is 2. The lowest BCUT2D eigenvalue weighted by Gasteiger charge is -2.37. The van der Waals surface area contributed by atoms with Crippen LogP contribution in [-0.4, -0.2) is 44.3 Å². The van der Waals surface area contributed by atoms with E-state index in [0.29, 0.717) is 0 Å². The highest BCUT2D eigenvalue weighted by atomic mass is 19.4. The van der Waals surface area contributed by atoms with Gasteiger partial charge in [-0.2, -0.15) is 13.2 Å². The van der Waals surface area contributed by atoms with Crippen LogP contribution in [0, 0.1) is 11.8 Å². The minimum absolute atomic E-state index is 0.0436. The Morgan fingerprint density at radius 1 is 1.12 bits per heavy atom. The van der Waals surface area contributed by atoms with Crippen LogP contribution in [0.1, 0.15) is 27.2 Å². The molecule has 0 aromatic rings. The first-order valence-corrected chi connectivity index (χ1v) is 7.39. The Labute approximate surface area is 139 Å². The number of ether oxygens (including phenoxy) is 2. The van der Waals surface area contributed by atoms with E-state index < -0.39 is 35.3 Å². The van der Waals surface area contributed by atoms with E-state index in [0.717, 1.165) is 26.2 Å². The number of rotatable bonds is 4. The van der Waals surface area contributed by atoms with Gasteiger partial charge in [0.25, 0.3) is 0 Å². The zero-order valence-corrected chi connectivity index (χ0v) is 14.6. The van der Waals surface area contributed by atoms with Crippen LogP contribution in [0.25, 0.3) is 0 Å². The molecule has 0 saturated heterocycles. The van der Waals surface area contributed by atoms with Crippen molar-refractivity contribution in [2.75, 3.05) is 21.3 Å². The average molecular weight is 349 g/mol. The van der Waals surface area contributed by atoms with Crippen LogP contribution in [0.5, 0.6) is 0 Å². The molecule has 0 aromatic heterocycles. The molecular weight excluding hydrogens is 327 g/mol. The normalized spacial score (nSPS) is 19.1. The van der Waals surface area contributed by atoms with Crippen LogP contribution < -0.4 is 0 Å². The summed E-state index contributed by atoms with van der Waals surface area (Å²) in [6, 6.07) is 0. The molecule has 1 heterocycles. The molecule has 0 amide bonds. The molecule has 0 saturated carbocycles. The van der Waals surface area contributed by atoms with Gasteiger partial charge in [0.1, 0.15) is 5.70 Å². The van der Waals surface area contributed by atoms with Gasteiger partial charge >= 0.3 is 18.1 Å². The molecule has 0 spiro atoms. The van der Waals surface area contributed by atoms with Crippen molar-refractivity contribution in [3.8, 4) is 0 Å². The summed E-state index contributed by atoms with van der Waals surface area (Å²) in [5.74, 6) is -2.96. The zero-order chi connectivity index (χ0) is 18.8. The van der Waals surface area contributed by atoms with E-state index in [9.17, 15) is 22.8 Å². The molecule has 0 aliphatic carbocycles. The van der Waals surface area contributed by atoms with Crippen molar-refractivity contribution < 1.29 is 32.2 Å². The highest BCUT2D eigenvalue weighted by Gasteiger charge is 2.49. The van der Waals surface area contributed by atoms with Crippen LogP contribution in [0.2, 0.25) is 0 Å². The topological polar surface area (TPSA) is 55.8 Å². The van der Waals surface area contributed by atoms with Crippen LogP contribution >= 0.6 is 0 Å². The summed E-state index contributed by atoms with van der Waals surface area (Å²) in [7, 11) is 3.32. The summed E-state index contributed by atoms with van der Waals surface area (Å²) in [5.41, 5.74) is -1.52. The Morgan fingerprint density at radius 2 is 1.58 bits per heavy atom. The zero-order valence-electron chi connectivity index (χ0n) is 14.6. The second-order valence-corrected chi connectivity index (χ2v) is 5.98. The van der Waals surface area contributed by atoms with Crippen molar-refractivity contribution >= 4 is 11.9 Å². The van der Waals surface area contributed by atoms with Gasteiger partial charge in [-0.25, -0.2) is 9.59 Å². The van der Waals surface area contributed by atoms with Gasteiger partial charge in [0.05, 0.1) is 25.4 Å². The summed E-state index contributed by atoms with van der Waals surface area (Å²) >= 11 is 0. The Bertz CT molecular complexity index is 591. The molecule has 1 atom stereocenters. The van der Waals surface area contributed by atoms with Crippen molar-refractivity contribution in [3.63, 3.8) is 0 Å². The first-order valence-electron chi connectivity index (χ1n) is 7.39. The minimum atomic E-state index is -4.77. The molecule has 1 rings (SSSR count). The van der Waals surface area contributed by atoms with E-state index in [-0.39, 0.29) is 23.6 Å². The third-order valence-electron chi connectivity index (χ3n) is 3.97. The predicted molar refractivity (Wildman–Crippen MR) is 80.5 cm³/mol. The number of methoxy groups -OCH3 is 2. The van der Waals surface area contributed by atoms with Crippen molar-refractivity contribution in [3.05, 3.63) is 22.5 Å². The summed E-state index contributed by atoms with van der Waals surface area (Å²) in [5, 5.41) is 0. The maximum atomic E-state index is 13.6. The Kier molecular flexibility index (Phi) is 6.08. The minimum Gasteiger partial charge on any atom is -0.466 e. The molecule has 8 heteroatoms. The van der Waals surface area contributed by atoms with Gasteiger partial charge in [-0.05, 0) is 19.3 Å². The quantitative estimate of drug-likeness (QED) is 0.730. The fourth-order valence-corrected chi connectivity index (χ4v) is 2.89. The van der Waals surface area contributed by atoms with E-state index in [4.69, 9.17) is 4.74 Å².